The van der Waals surface area contributed by atoms with Gasteiger partial charge in [0.25, 0.3) is 5.91 Å². The van der Waals surface area contributed by atoms with Gasteiger partial charge in [0.1, 0.15) is 17.9 Å². The number of carbonyl (C=O) groups excluding carboxylic acids is 3. The average Bonchev–Trinajstić information content (AvgIpc) is 3.37. The van der Waals surface area contributed by atoms with E-state index in [1.807, 2.05) is 37.3 Å². The molecule has 1 unspecified atom stereocenters. The lowest BCUT2D eigenvalue weighted by Gasteiger charge is -2.25. The zero-order valence-electron chi connectivity index (χ0n) is 18.7. The highest BCUT2D eigenvalue weighted by Crippen LogP contribution is 2.32. The molecule has 8 heteroatoms. The lowest BCUT2D eigenvalue weighted by Crippen LogP contribution is -2.44. The average molecular weight is 446 g/mol. The van der Waals surface area contributed by atoms with Crippen LogP contribution in [0.5, 0.6) is 0 Å². The summed E-state index contributed by atoms with van der Waals surface area (Å²) in [6.45, 7) is 4.05. The summed E-state index contributed by atoms with van der Waals surface area (Å²) in [7, 11) is 0. The number of amides is 4. The number of anilines is 1. The molecule has 0 saturated carbocycles. The molecule has 1 atom stereocenters. The van der Waals surface area contributed by atoms with Crippen molar-refractivity contribution in [2.24, 2.45) is 0 Å². The molecule has 0 bridgehead atoms. The van der Waals surface area contributed by atoms with Crippen LogP contribution in [-0.2, 0) is 28.1 Å². The molecule has 1 saturated heterocycles. The summed E-state index contributed by atoms with van der Waals surface area (Å²) in [5.74, 6) is -0.404. The second kappa shape index (κ2) is 9.28. The molecule has 3 aromatic rings. The fourth-order valence-electron chi connectivity index (χ4n) is 4.08. The number of nitrogens with zero attached hydrogens (tertiary/aromatic N) is 3. The summed E-state index contributed by atoms with van der Waals surface area (Å²) in [6.07, 6.45) is 2.94. The van der Waals surface area contributed by atoms with Gasteiger partial charge in [0.2, 0.25) is 5.91 Å². The normalized spacial score (nSPS) is 17.8. The molecule has 1 aromatic heterocycles. The van der Waals surface area contributed by atoms with Gasteiger partial charge in [-0.15, -0.1) is 0 Å². The van der Waals surface area contributed by atoms with Gasteiger partial charge in [-0.25, -0.2) is 9.48 Å². The Bertz CT molecular complexity index is 1160. The maximum atomic E-state index is 13.2. The molecule has 0 radical (unpaired) electrons. The van der Waals surface area contributed by atoms with E-state index in [0.717, 1.165) is 16.9 Å². The van der Waals surface area contributed by atoms with Crippen molar-refractivity contribution in [3.05, 3.63) is 83.6 Å². The summed E-state index contributed by atoms with van der Waals surface area (Å²) in [5.41, 5.74) is 1.84. The molecule has 2 N–H and O–H groups in total. The smallest absolute Gasteiger partial charge is 0.319 e. The van der Waals surface area contributed by atoms with E-state index in [0.29, 0.717) is 24.3 Å². The highest BCUT2D eigenvalue weighted by atomic mass is 16.2. The van der Waals surface area contributed by atoms with E-state index in [4.69, 9.17) is 0 Å². The Kier molecular flexibility index (Phi) is 6.26. The predicted molar refractivity (Wildman–Crippen MR) is 124 cm³/mol. The predicted octanol–water partition coefficient (Wildman–Crippen LogP) is 3.29. The van der Waals surface area contributed by atoms with E-state index in [1.54, 1.807) is 29.1 Å². The van der Waals surface area contributed by atoms with Gasteiger partial charge < -0.3 is 10.6 Å². The van der Waals surface area contributed by atoms with Crippen molar-refractivity contribution in [3.63, 3.8) is 0 Å². The Morgan fingerprint density at radius 3 is 2.36 bits per heavy atom. The van der Waals surface area contributed by atoms with Crippen molar-refractivity contribution in [2.45, 2.75) is 38.8 Å². The van der Waals surface area contributed by atoms with Crippen LogP contribution in [0.1, 0.15) is 37.0 Å². The number of hydrogen-bond acceptors (Lipinski definition) is 4. The van der Waals surface area contributed by atoms with Crippen molar-refractivity contribution >= 4 is 23.7 Å². The summed E-state index contributed by atoms with van der Waals surface area (Å²) in [4.78, 5) is 39.6. The maximum Gasteiger partial charge on any atom is 0.325 e. The number of urea groups is 1. The Hall–Kier alpha value is -3.94. The fraction of sp³-hybridized carbons (Fsp3) is 0.280. The molecule has 33 heavy (non-hydrogen) atoms. The molecule has 1 fully saturated rings. The van der Waals surface area contributed by atoms with Crippen LogP contribution in [0.3, 0.4) is 0 Å². The fourth-order valence-corrected chi connectivity index (χ4v) is 4.08. The molecule has 1 aliphatic rings. The van der Waals surface area contributed by atoms with Crippen LogP contribution in [0.4, 0.5) is 10.6 Å². The van der Waals surface area contributed by atoms with Gasteiger partial charge in [-0.1, -0.05) is 68.4 Å². The molecule has 0 spiro atoms. The number of hydrogen-bond donors (Lipinski definition) is 2. The minimum atomic E-state index is -1.16. The minimum absolute atomic E-state index is 0.378. The zero-order chi connectivity index (χ0) is 23.4. The Morgan fingerprint density at radius 2 is 1.70 bits per heavy atom. The van der Waals surface area contributed by atoms with Gasteiger partial charge in [0.15, 0.2) is 0 Å². The molecule has 2 heterocycles. The molecular formula is C25H27N5O3. The first kappa shape index (κ1) is 22.3. The third-order valence-electron chi connectivity index (χ3n) is 6.02. The van der Waals surface area contributed by atoms with Gasteiger partial charge in [0, 0.05) is 6.07 Å². The number of imide groups is 1. The zero-order valence-corrected chi connectivity index (χ0v) is 18.7. The number of benzene rings is 2. The number of aromatic nitrogens is 2. The van der Waals surface area contributed by atoms with E-state index in [-0.39, 0.29) is 6.54 Å². The van der Waals surface area contributed by atoms with Gasteiger partial charge in [-0.05, 0) is 29.5 Å². The molecule has 0 aliphatic carbocycles. The van der Waals surface area contributed by atoms with E-state index < -0.39 is 23.4 Å². The standard InChI is InChI=1S/C25H27N5O3/c1-3-18-10-12-19(13-11-18)16-30-21(14-15-26-30)27-22(31)17-29-23(32)25(4-2,28-24(29)33)20-8-6-5-7-9-20/h5-15H,3-4,16-17H2,1-2H3,(H,27,31)(H,28,33). The summed E-state index contributed by atoms with van der Waals surface area (Å²) in [5, 5.41) is 9.85. The van der Waals surface area contributed by atoms with Gasteiger partial charge in [-0.3, -0.25) is 14.5 Å². The van der Waals surface area contributed by atoms with Gasteiger partial charge in [0.05, 0.1) is 12.7 Å². The lowest BCUT2D eigenvalue weighted by atomic mass is 9.87. The van der Waals surface area contributed by atoms with Crippen LogP contribution in [-0.4, -0.2) is 39.1 Å². The van der Waals surface area contributed by atoms with Crippen LogP contribution in [0.2, 0.25) is 0 Å². The molecule has 1 aliphatic heterocycles. The van der Waals surface area contributed by atoms with E-state index in [1.165, 1.54) is 5.56 Å². The Labute approximate surface area is 192 Å². The number of rotatable bonds is 8. The van der Waals surface area contributed by atoms with E-state index in [9.17, 15) is 14.4 Å². The molecule has 4 amide bonds. The highest BCUT2D eigenvalue weighted by molar-refractivity contribution is 6.10. The monoisotopic (exact) mass is 445 g/mol. The van der Waals surface area contributed by atoms with Crippen LogP contribution in [0.25, 0.3) is 0 Å². The van der Waals surface area contributed by atoms with Crippen molar-refractivity contribution in [1.82, 2.24) is 20.0 Å². The number of carbonyl (C=O) groups is 3. The number of aryl methyl sites for hydroxylation is 1. The van der Waals surface area contributed by atoms with Gasteiger partial charge >= 0.3 is 6.03 Å². The summed E-state index contributed by atoms with van der Waals surface area (Å²) >= 11 is 0. The lowest BCUT2D eigenvalue weighted by molar-refractivity contribution is -0.134. The molecule has 2 aromatic carbocycles. The quantitative estimate of drug-likeness (QED) is 0.520. The first-order valence-corrected chi connectivity index (χ1v) is 11.1. The number of nitrogens with one attached hydrogen (secondary N) is 2. The maximum absolute atomic E-state index is 13.2. The molecule has 4 rings (SSSR count). The molecular weight excluding hydrogens is 418 g/mol. The van der Waals surface area contributed by atoms with Crippen molar-refractivity contribution in [3.8, 4) is 0 Å². The van der Waals surface area contributed by atoms with Crippen LogP contribution >= 0.6 is 0 Å². The van der Waals surface area contributed by atoms with Crippen LogP contribution < -0.4 is 10.6 Å². The molecule has 170 valence electrons. The summed E-state index contributed by atoms with van der Waals surface area (Å²) < 4.78 is 1.67. The topological polar surface area (TPSA) is 96.3 Å². The van der Waals surface area contributed by atoms with Crippen LogP contribution in [0, 0.1) is 0 Å². The SMILES string of the molecule is CCc1ccc(Cn2nccc2NC(=O)CN2C(=O)NC(CC)(c3ccccc3)C2=O)cc1. The van der Waals surface area contributed by atoms with Crippen molar-refractivity contribution in [2.75, 3.05) is 11.9 Å². The third-order valence-corrected chi connectivity index (χ3v) is 6.02. The largest absolute Gasteiger partial charge is 0.325 e. The van der Waals surface area contributed by atoms with Gasteiger partial charge in [-0.2, -0.15) is 5.10 Å². The highest BCUT2D eigenvalue weighted by Gasteiger charge is 2.51. The second-order valence-electron chi connectivity index (χ2n) is 8.04. The second-order valence-corrected chi connectivity index (χ2v) is 8.04. The minimum Gasteiger partial charge on any atom is -0.319 e. The first-order valence-electron chi connectivity index (χ1n) is 11.1. The first-order chi connectivity index (χ1) is 16.0. The third kappa shape index (κ3) is 4.37. The Morgan fingerprint density at radius 1 is 1.00 bits per heavy atom. The van der Waals surface area contributed by atoms with Crippen LogP contribution in [0.15, 0.2) is 66.9 Å². The molecule has 8 nitrogen and oxygen atoms in total. The van der Waals surface area contributed by atoms with Crippen molar-refractivity contribution in [1.29, 1.82) is 0 Å². The summed E-state index contributed by atoms with van der Waals surface area (Å²) in [6, 6.07) is 18.4. The Balaban J connectivity index is 1.45. The van der Waals surface area contributed by atoms with E-state index in [2.05, 4.69) is 34.8 Å². The van der Waals surface area contributed by atoms with E-state index >= 15 is 0 Å². The van der Waals surface area contributed by atoms with Crippen molar-refractivity contribution < 1.29 is 14.4 Å².